The van der Waals surface area contributed by atoms with E-state index in [-0.39, 0.29) is 5.82 Å². The molecular weight excluding hydrogens is 163 g/mol. The summed E-state index contributed by atoms with van der Waals surface area (Å²) in [5.74, 6) is -2.53. The highest BCUT2D eigenvalue weighted by atomic mass is 19.1. The lowest BCUT2D eigenvalue weighted by atomic mass is 10.4. The number of aryl methyl sites for hydroxylation is 1. The average Bonchev–Trinajstić information content (AvgIpc) is 2.36. The number of aliphatic carboxylic acids is 1. The molecule has 0 saturated carbocycles. The second-order valence-electron chi connectivity index (χ2n) is 2.19. The predicted molar refractivity (Wildman–Crippen MR) is 39.9 cm³/mol. The van der Waals surface area contributed by atoms with Gasteiger partial charge in [-0.05, 0) is 0 Å². The highest BCUT2D eigenvalue weighted by molar-refractivity contribution is 5.88. The topological polar surface area (TPSA) is 55.1 Å². The molecule has 0 spiro atoms. The van der Waals surface area contributed by atoms with Crippen LogP contribution < -0.4 is 0 Å². The fraction of sp³-hybridized carbons (Fsp3) is 0.143. The summed E-state index contributed by atoms with van der Waals surface area (Å²) in [6, 6.07) is 0. The van der Waals surface area contributed by atoms with Gasteiger partial charge in [0.05, 0.1) is 0 Å². The molecule has 1 aromatic heterocycles. The molecule has 4 nitrogen and oxygen atoms in total. The number of halogens is 1. The first-order valence-corrected chi connectivity index (χ1v) is 3.19. The molecule has 5 heteroatoms. The van der Waals surface area contributed by atoms with E-state index in [2.05, 4.69) is 4.98 Å². The molecular formula is C7H7FN2O2. The van der Waals surface area contributed by atoms with Crippen LogP contribution in [0.5, 0.6) is 0 Å². The van der Waals surface area contributed by atoms with Crippen molar-refractivity contribution in [2.24, 2.45) is 7.05 Å². The molecule has 64 valence electrons. The molecule has 0 atom stereocenters. The zero-order valence-corrected chi connectivity index (χ0v) is 6.36. The van der Waals surface area contributed by atoms with Crippen molar-refractivity contribution < 1.29 is 14.3 Å². The van der Waals surface area contributed by atoms with Crippen LogP contribution in [-0.4, -0.2) is 20.6 Å². The van der Waals surface area contributed by atoms with Crippen LogP contribution in [0.15, 0.2) is 18.2 Å². The van der Waals surface area contributed by atoms with Crippen molar-refractivity contribution in [1.82, 2.24) is 9.55 Å². The number of aromatic nitrogens is 2. The van der Waals surface area contributed by atoms with E-state index in [0.29, 0.717) is 0 Å². The van der Waals surface area contributed by atoms with Gasteiger partial charge in [-0.15, -0.1) is 0 Å². The molecule has 0 fully saturated rings. The van der Waals surface area contributed by atoms with E-state index in [0.717, 1.165) is 6.08 Å². The summed E-state index contributed by atoms with van der Waals surface area (Å²) in [5, 5.41) is 8.19. The fourth-order valence-corrected chi connectivity index (χ4v) is 0.691. The molecule has 1 heterocycles. The number of carboxylic acids is 1. The van der Waals surface area contributed by atoms with E-state index in [1.807, 2.05) is 0 Å². The Bertz CT molecular complexity index is 330. The van der Waals surface area contributed by atoms with Gasteiger partial charge in [-0.2, -0.15) is 4.39 Å². The molecule has 0 radical (unpaired) electrons. The molecule has 0 bridgehead atoms. The van der Waals surface area contributed by atoms with Gasteiger partial charge in [0.2, 0.25) is 5.83 Å². The first-order valence-electron chi connectivity index (χ1n) is 3.19. The Morgan fingerprint density at radius 2 is 2.50 bits per heavy atom. The summed E-state index contributed by atoms with van der Waals surface area (Å²) in [4.78, 5) is 13.8. The van der Waals surface area contributed by atoms with E-state index in [9.17, 15) is 9.18 Å². The fourth-order valence-electron chi connectivity index (χ4n) is 0.691. The van der Waals surface area contributed by atoms with Crippen LogP contribution in [-0.2, 0) is 11.8 Å². The summed E-state index contributed by atoms with van der Waals surface area (Å²) < 4.78 is 14.0. The zero-order chi connectivity index (χ0) is 9.14. The minimum absolute atomic E-state index is 0.273. The Hall–Kier alpha value is -1.65. The number of rotatable bonds is 2. The lowest BCUT2D eigenvalue weighted by molar-refractivity contribution is -0.134. The van der Waals surface area contributed by atoms with E-state index >= 15 is 0 Å². The van der Waals surface area contributed by atoms with Crippen LogP contribution >= 0.6 is 0 Å². The zero-order valence-electron chi connectivity index (χ0n) is 6.36. The van der Waals surface area contributed by atoms with Crippen molar-refractivity contribution in [3.05, 3.63) is 24.0 Å². The SMILES string of the molecule is Cn1ccnc1/C=C(/F)C(=O)O. The summed E-state index contributed by atoms with van der Waals surface area (Å²) in [5.41, 5.74) is 0. The van der Waals surface area contributed by atoms with Crippen molar-refractivity contribution in [3.63, 3.8) is 0 Å². The molecule has 0 amide bonds. The maximum atomic E-state index is 12.5. The maximum absolute atomic E-state index is 12.5. The van der Waals surface area contributed by atoms with Crippen LogP contribution in [0.2, 0.25) is 0 Å². The Morgan fingerprint density at radius 1 is 1.83 bits per heavy atom. The monoisotopic (exact) mass is 170 g/mol. The summed E-state index contributed by atoms with van der Waals surface area (Å²) in [6.07, 6.45) is 3.92. The van der Waals surface area contributed by atoms with Gasteiger partial charge in [0.1, 0.15) is 5.82 Å². The number of hydrogen-bond acceptors (Lipinski definition) is 2. The van der Waals surface area contributed by atoms with Crippen LogP contribution in [0.4, 0.5) is 4.39 Å². The highest BCUT2D eigenvalue weighted by Crippen LogP contribution is 2.04. The lowest BCUT2D eigenvalue weighted by Gasteiger charge is -1.93. The largest absolute Gasteiger partial charge is 0.476 e. The van der Waals surface area contributed by atoms with E-state index in [1.54, 1.807) is 13.2 Å². The maximum Gasteiger partial charge on any atom is 0.364 e. The number of hydrogen-bond donors (Lipinski definition) is 1. The van der Waals surface area contributed by atoms with Crippen LogP contribution in [0.1, 0.15) is 5.82 Å². The van der Waals surface area contributed by atoms with E-state index in [1.165, 1.54) is 10.8 Å². The van der Waals surface area contributed by atoms with Crippen molar-refractivity contribution in [2.45, 2.75) is 0 Å². The van der Waals surface area contributed by atoms with Gasteiger partial charge in [0.15, 0.2) is 0 Å². The third kappa shape index (κ3) is 1.69. The molecule has 1 rings (SSSR count). The molecule has 0 unspecified atom stereocenters. The highest BCUT2D eigenvalue weighted by Gasteiger charge is 2.06. The number of carbonyl (C=O) groups is 1. The minimum Gasteiger partial charge on any atom is -0.476 e. The minimum atomic E-state index is -1.59. The predicted octanol–water partition coefficient (Wildman–Crippen LogP) is 0.815. The van der Waals surface area contributed by atoms with Crippen LogP contribution in [0.25, 0.3) is 6.08 Å². The Balaban J connectivity index is 2.95. The van der Waals surface area contributed by atoms with Gasteiger partial charge in [0, 0.05) is 25.5 Å². The first-order chi connectivity index (χ1) is 5.61. The third-order valence-electron chi connectivity index (χ3n) is 1.32. The van der Waals surface area contributed by atoms with Crippen LogP contribution in [0.3, 0.4) is 0 Å². The van der Waals surface area contributed by atoms with Gasteiger partial charge >= 0.3 is 5.97 Å². The standard InChI is InChI=1S/C7H7FN2O2/c1-10-3-2-9-6(10)4-5(8)7(11)12/h2-4H,1H3,(H,11,12)/b5-4+. The normalized spacial score (nSPS) is 11.7. The van der Waals surface area contributed by atoms with Gasteiger partial charge in [0.25, 0.3) is 0 Å². The second-order valence-corrected chi connectivity index (χ2v) is 2.19. The van der Waals surface area contributed by atoms with Crippen molar-refractivity contribution >= 4 is 12.0 Å². The van der Waals surface area contributed by atoms with Gasteiger partial charge in [-0.25, -0.2) is 9.78 Å². The smallest absolute Gasteiger partial charge is 0.364 e. The molecule has 0 aromatic carbocycles. The van der Waals surface area contributed by atoms with Crippen molar-refractivity contribution in [2.75, 3.05) is 0 Å². The Kier molecular flexibility index (Phi) is 2.23. The summed E-state index contributed by atoms with van der Waals surface area (Å²) in [6.45, 7) is 0. The van der Waals surface area contributed by atoms with Crippen molar-refractivity contribution in [3.8, 4) is 0 Å². The van der Waals surface area contributed by atoms with E-state index in [4.69, 9.17) is 5.11 Å². The Labute approximate surface area is 68.0 Å². The molecule has 12 heavy (non-hydrogen) atoms. The molecule has 0 aliphatic heterocycles. The molecule has 1 aromatic rings. The average molecular weight is 170 g/mol. The van der Waals surface area contributed by atoms with Gasteiger partial charge < -0.3 is 9.67 Å². The first kappa shape index (κ1) is 8.45. The molecule has 1 N–H and O–H groups in total. The third-order valence-corrected chi connectivity index (χ3v) is 1.32. The van der Waals surface area contributed by atoms with Crippen molar-refractivity contribution in [1.29, 1.82) is 0 Å². The number of nitrogens with zero attached hydrogens (tertiary/aromatic N) is 2. The number of imidazole rings is 1. The lowest BCUT2D eigenvalue weighted by Crippen LogP contribution is -1.97. The molecule has 0 aliphatic carbocycles. The number of carboxylic acid groups (broad SMARTS) is 1. The van der Waals surface area contributed by atoms with Gasteiger partial charge in [-0.1, -0.05) is 0 Å². The Morgan fingerprint density at radius 3 is 2.92 bits per heavy atom. The summed E-state index contributed by atoms with van der Waals surface area (Å²) >= 11 is 0. The van der Waals surface area contributed by atoms with Crippen LogP contribution in [0, 0.1) is 0 Å². The van der Waals surface area contributed by atoms with E-state index < -0.39 is 11.8 Å². The summed E-state index contributed by atoms with van der Waals surface area (Å²) in [7, 11) is 1.65. The molecule has 0 saturated heterocycles. The second kappa shape index (κ2) is 3.17. The molecule has 0 aliphatic rings. The van der Waals surface area contributed by atoms with Gasteiger partial charge in [-0.3, -0.25) is 0 Å². The quantitative estimate of drug-likeness (QED) is 0.668.